The van der Waals surface area contributed by atoms with Gasteiger partial charge in [-0.3, -0.25) is 9.48 Å². The van der Waals surface area contributed by atoms with Crippen LogP contribution >= 0.6 is 0 Å². The van der Waals surface area contributed by atoms with Crippen molar-refractivity contribution in [2.75, 3.05) is 12.4 Å². The molecule has 3 rings (SSSR count). The molecular formula is C21H26N4O2. The van der Waals surface area contributed by atoms with Gasteiger partial charge in [0.15, 0.2) is 0 Å². The highest BCUT2D eigenvalue weighted by molar-refractivity contribution is 5.99. The van der Waals surface area contributed by atoms with Gasteiger partial charge >= 0.3 is 0 Å². The van der Waals surface area contributed by atoms with E-state index >= 15 is 0 Å². The number of hydrogen-bond acceptors (Lipinski definition) is 4. The van der Waals surface area contributed by atoms with Crippen LogP contribution in [0.2, 0.25) is 0 Å². The number of methoxy groups -OCH3 is 1. The van der Waals surface area contributed by atoms with E-state index in [4.69, 9.17) is 9.72 Å². The Balaban J connectivity index is 2.08. The van der Waals surface area contributed by atoms with Crippen LogP contribution in [0.5, 0.6) is 5.75 Å². The summed E-state index contributed by atoms with van der Waals surface area (Å²) in [5, 5.41) is 8.28. The van der Waals surface area contributed by atoms with Crippen LogP contribution in [0, 0.1) is 12.3 Å². The Morgan fingerprint density at radius 1 is 1.26 bits per heavy atom. The third kappa shape index (κ3) is 3.79. The molecule has 0 saturated heterocycles. The zero-order valence-electron chi connectivity index (χ0n) is 16.8. The Bertz CT molecular complexity index is 999. The van der Waals surface area contributed by atoms with Gasteiger partial charge in [0.2, 0.25) is 5.91 Å². The molecule has 1 amide bonds. The minimum atomic E-state index is -0.490. The van der Waals surface area contributed by atoms with Gasteiger partial charge in [-0.2, -0.15) is 5.10 Å². The number of nitrogens with one attached hydrogen (secondary N) is 1. The Morgan fingerprint density at radius 2 is 2.00 bits per heavy atom. The largest absolute Gasteiger partial charge is 0.494 e. The maximum absolute atomic E-state index is 12.4. The Morgan fingerprint density at radius 3 is 2.59 bits per heavy atom. The second kappa shape index (κ2) is 7.02. The first kappa shape index (κ1) is 18.9. The van der Waals surface area contributed by atoms with Crippen LogP contribution in [0.25, 0.3) is 22.2 Å². The highest BCUT2D eigenvalue weighted by Gasteiger charge is 2.23. The zero-order chi connectivity index (χ0) is 19.8. The van der Waals surface area contributed by atoms with Crippen molar-refractivity contribution >= 4 is 22.5 Å². The van der Waals surface area contributed by atoms with E-state index in [1.165, 1.54) is 0 Å². The molecule has 0 saturated carbocycles. The van der Waals surface area contributed by atoms with Crippen molar-refractivity contribution in [1.82, 2.24) is 14.8 Å². The summed E-state index contributed by atoms with van der Waals surface area (Å²) in [5.41, 5.74) is 3.91. The fourth-order valence-corrected chi connectivity index (χ4v) is 2.82. The molecule has 0 radical (unpaired) electrons. The number of carbonyl (C=O) groups excluding carboxylic acids is 1. The number of pyridine rings is 1. The minimum absolute atomic E-state index is 0.0608. The smallest absolute Gasteiger partial charge is 0.229 e. The molecule has 3 aromatic rings. The van der Waals surface area contributed by atoms with E-state index in [1.807, 2.05) is 69.9 Å². The second-order valence-electron chi connectivity index (χ2n) is 7.68. The molecule has 27 heavy (non-hydrogen) atoms. The van der Waals surface area contributed by atoms with Crippen molar-refractivity contribution in [3.8, 4) is 17.0 Å². The predicted molar refractivity (Wildman–Crippen MR) is 108 cm³/mol. The summed E-state index contributed by atoms with van der Waals surface area (Å²) in [5.74, 6) is 0.530. The van der Waals surface area contributed by atoms with Crippen LogP contribution in [0.3, 0.4) is 0 Å². The quantitative estimate of drug-likeness (QED) is 0.742. The molecule has 0 aliphatic heterocycles. The topological polar surface area (TPSA) is 69.0 Å². The van der Waals surface area contributed by atoms with Gasteiger partial charge < -0.3 is 10.1 Å². The lowest BCUT2D eigenvalue weighted by Crippen LogP contribution is -2.27. The first-order valence-corrected chi connectivity index (χ1v) is 9.06. The van der Waals surface area contributed by atoms with Crippen molar-refractivity contribution in [3.63, 3.8) is 0 Å². The van der Waals surface area contributed by atoms with Crippen LogP contribution in [0.4, 0.5) is 5.69 Å². The van der Waals surface area contributed by atoms with Gasteiger partial charge in [0, 0.05) is 35.2 Å². The highest BCUT2D eigenvalue weighted by Crippen LogP contribution is 2.34. The van der Waals surface area contributed by atoms with Crippen LogP contribution in [-0.4, -0.2) is 27.8 Å². The standard InChI is InChI=1S/C21H26N4O2/c1-7-25-12-14(11-22-25)16-8-13(2)15-9-18(24-20(26)21(3,4)5)19(27-6)10-17(15)23-16/h8-12H,7H2,1-6H3,(H,24,26). The van der Waals surface area contributed by atoms with Gasteiger partial charge in [0.25, 0.3) is 0 Å². The van der Waals surface area contributed by atoms with E-state index in [9.17, 15) is 4.79 Å². The number of rotatable bonds is 4. The lowest BCUT2D eigenvalue weighted by atomic mass is 9.95. The fraction of sp³-hybridized carbons (Fsp3) is 0.381. The molecule has 0 aliphatic carbocycles. The van der Waals surface area contributed by atoms with Crippen LogP contribution in [0.1, 0.15) is 33.3 Å². The van der Waals surface area contributed by atoms with Crippen molar-refractivity contribution in [3.05, 3.63) is 36.2 Å². The summed E-state index contributed by atoms with van der Waals surface area (Å²) in [6.45, 7) is 10.5. The molecule has 0 aliphatic rings. The molecule has 0 spiro atoms. The van der Waals surface area contributed by atoms with Crippen LogP contribution in [0.15, 0.2) is 30.6 Å². The first-order chi connectivity index (χ1) is 12.7. The van der Waals surface area contributed by atoms with E-state index in [2.05, 4.69) is 10.4 Å². The molecule has 0 atom stereocenters. The molecule has 0 unspecified atom stereocenters. The first-order valence-electron chi connectivity index (χ1n) is 9.06. The number of amides is 1. The van der Waals surface area contributed by atoms with Gasteiger partial charge in [-0.25, -0.2) is 4.98 Å². The van der Waals surface area contributed by atoms with Crippen molar-refractivity contribution in [1.29, 1.82) is 0 Å². The number of ether oxygens (including phenoxy) is 1. The monoisotopic (exact) mass is 366 g/mol. The van der Waals surface area contributed by atoms with Gasteiger partial charge in [0.05, 0.1) is 30.2 Å². The summed E-state index contributed by atoms with van der Waals surface area (Å²) >= 11 is 0. The summed E-state index contributed by atoms with van der Waals surface area (Å²) in [6, 6.07) is 5.84. The molecule has 6 nitrogen and oxygen atoms in total. The van der Waals surface area contributed by atoms with E-state index in [0.717, 1.165) is 34.3 Å². The van der Waals surface area contributed by atoms with E-state index in [0.29, 0.717) is 11.4 Å². The molecule has 142 valence electrons. The average molecular weight is 366 g/mol. The number of nitrogens with zero attached hydrogens (tertiary/aromatic N) is 3. The maximum atomic E-state index is 12.4. The lowest BCUT2D eigenvalue weighted by Gasteiger charge is -2.19. The van der Waals surface area contributed by atoms with Crippen LogP contribution < -0.4 is 10.1 Å². The summed E-state index contributed by atoms with van der Waals surface area (Å²) in [6.07, 6.45) is 3.81. The van der Waals surface area contributed by atoms with Crippen molar-refractivity contribution < 1.29 is 9.53 Å². The SMILES string of the molecule is CCn1cc(-c2cc(C)c3cc(NC(=O)C(C)(C)C)c(OC)cc3n2)cn1. The molecule has 2 heterocycles. The molecule has 0 fully saturated rings. The predicted octanol–water partition coefficient (Wildman–Crippen LogP) is 4.42. The Labute approximate surface area is 159 Å². The number of carbonyl (C=O) groups is 1. The molecule has 1 aromatic carbocycles. The van der Waals surface area contributed by atoms with Crippen LogP contribution in [-0.2, 0) is 11.3 Å². The normalized spacial score (nSPS) is 11.6. The lowest BCUT2D eigenvalue weighted by molar-refractivity contribution is -0.123. The third-order valence-corrected chi connectivity index (χ3v) is 4.52. The highest BCUT2D eigenvalue weighted by atomic mass is 16.5. The molecular weight excluding hydrogens is 340 g/mol. The number of fused-ring (bicyclic) bond motifs is 1. The molecule has 2 aromatic heterocycles. The minimum Gasteiger partial charge on any atom is -0.494 e. The third-order valence-electron chi connectivity index (χ3n) is 4.52. The fourth-order valence-electron chi connectivity index (χ4n) is 2.82. The average Bonchev–Trinajstić information content (AvgIpc) is 3.10. The summed E-state index contributed by atoms with van der Waals surface area (Å²) in [4.78, 5) is 17.2. The van der Waals surface area contributed by atoms with Crippen molar-refractivity contribution in [2.24, 2.45) is 5.41 Å². The molecule has 1 N–H and O–H groups in total. The Kier molecular flexibility index (Phi) is 4.91. The second-order valence-corrected chi connectivity index (χ2v) is 7.68. The number of aromatic nitrogens is 3. The summed E-state index contributed by atoms with van der Waals surface area (Å²) < 4.78 is 7.38. The van der Waals surface area contributed by atoms with Gasteiger partial charge in [-0.1, -0.05) is 20.8 Å². The number of hydrogen-bond donors (Lipinski definition) is 1. The van der Waals surface area contributed by atoms with Gasteiger partial charge in [0.1, 0.15) is 5.75 Å². The van der Waals surface area contributed by atoms with Gasteiger partial charge in [-0.15, -0.1) is 0 Å². The number of benzene rings is 1. The number of anilines is 1. The van der Waals surface area contributed by atoms with Crippen molar-refractivity contribution in [2.45, 2.75) is 41.2 Å². The molecule has 6 heteroatoms. The Hall–Kier alpha value is -2.89. The molecule has 0 bridgehead atoms. The maximum Gasteiger partial charge on any atom is 0.229 e. The van der Waals surface area contributed by atoms with Gasteiger partial charge in [-0.05, 0) is 31.5 Å². The summed E-state index contributed by atoms with van der Waals surface area (Å²) in [7, 11) is 1.59. The van der Waals surface area contributed by atoms with E-state index in [1.54, 1.807) is 7.11 Å². The van der Waals surface area contributed by atoms with E-state index in [-0.39, 0.29) is 5.91 Å². The van der Waals surface area contributed by atoms with E-state index < -0.39 is 5.41 Å². The number of aryl methyl sites for hydroxylation is 2. The zero-order valence-corrected chi connectivity index (χ0v) is 16.8.